The van der Waals surface area contributed by atoms with Gasteiger partial charge >= 0.3 is 15.6 Å². The van der Waals surface area contributed by atoms with Crippen molar-refractivity contribution in [3.05, 3.63) is 11.8 Å². The summed E-state index contributed by atoms with van der Waals surface area (Å²) in [4.78, 5) is 0. The standard InChI is InChI=1S/C20H29F3O3S/c1-18-11-4-3-5-13(18)6-7-14-15-8-9-17(19(15,2)12-10-16(14)18)26-27(24,25)20(21,22)23/h9,13-16H,3-8,10-12H2,1-2H3/t13-,14-,15+,16-,18-,19-/m0/s1. The Kier molecular flexibility index (Phi) is 4.45. The van der Waals surface area contributed by atoms with Crippen molar-refractivity contribution in [1.29, 1.82) is 0 Å². The summed E-state index contributed by atoms with van der Waals surface area (Å²) < 4.78 is 66.2. The van der Waals surface area contributed by atoms with Crippen LogP contribution in [-0.4, -0.2) is 13.9 Å². The minimum Gasteiger partial charge on any atom is -0.380 e. The molecule has 154 valence electrons. The molecule has 0 aliphatic heterocycles. The number of hydrogen-bond acceptors (Lipinski definition) is 3. The van der Waals surface area contributed by atoms with E-state index in [0.717, 1.165) is 18.8 Å². The molecule has 4 aliphatic carbocycles. The molecule has 0 heterocycles. The minimum atomic E-state index is -5.60. The van der Waals surface area contributed by atoms with Crippen LogP contribution in [0.2, 0.25) is 0 Å². The molecule has 0 unspecified atom stereocenters. The van der Waals surface area contributed by atoms with E-state index in [1.54, 1.807) is 6.08 Å². The number of fused-ring (bicyclic) bond motifs is 5. The Bertz CT molecular complexity index is 744. The van der Waals surface area contributed by atoms with E-state index in [9.17, 15) is 21.6 Å². The molecular weight excluding hydrogens is 377 g/mol. The first-order valence-electron chi connectivity index (χ1n) is 10.2. The van der Waals surface area contributed by atoms with Gasteiger partial charge in [-0.3, -0.25) is 0 Å². The molecule has 3 nitrogen and oxygen atoms in total. The normalized spacial score (nSPS) is 44.7. The van der Waals surface area contributed by atoms with Crippen LogP contribution in [0, 0.1) is 34.5 Å². The summed E-state index contributed by atoms with van der Waals surface area (Å²) >= 11 is 0. The molecule has 4 rings (SSSR count). The highest BCUT2D eigenvalue weighted by atomic mass is 32.2. The van der Waals surface area contributed by atoms with Crippen molar-refractivity contribution in [3.63, 3.8) is 0 Å². The second-order valence-corrected chi connectivity index (χ2v) is 11.2. The van der Waals surface area contributed by atoms with Crippen LogP contribution < -0.4 is 0 Å². The fourth-order valence-electron chi connectivity index (χ4n) is 7.12. The average Bonchev–Trinajstić information content (AvgIpc) is 2.89. The van der Waals surface area contributed by atoms with E-state index < -0.39 is 21.0 Å². The van der Waals surface area contributed by atoms with Crippen molar-refractivity contribution in [3.8, 4) is 0 Å². The van der Waals surface area contributed by atoms with Gasteiger partial charge in [0.1, 0.15) is 5.76 Å². The van der Waals surface area contributed by atoms with Gasteiger partial charge in [0.15, 0.2) is 0 Å². The van der Waals surface area contributed by atoms with Crippen molar-refractivity contribution in [2.75, 3.05) is 0 Å². The van der Waals surface area contributed by atoms with Gasteiger partial charge in [-0.2, -0.15) is 21.6 Å². The van der Waals surface area contributed by atoms with Gasteiger partial charge < -0.3 is 4.18 Å². The summed E-state index contributed by atoms with van der Waals surface area (Å²) in [7, 11) is -5.60. The minimum absolute atomic E-state index is 0.0270. The van der Waals surface area contributed by atoms with Gasteiger partial charge in [0.25, 0.3) is 0 Å². The second kappa shape index (κ2) is 6.14. The molecule has 0 spiro atoms. The molecule has 0 N–H and O–H groups in total. The van der Waals surface area contributed by atoms with Crippen molar-refractivity contribution in [2.45, 2.75) is 77.1 Å². The molecule has 0 amide bonds. The molecule has 27 heavy (non-hydrogen) atoms. The fourth-order valence-corrected chi connectivity index (χ4v) is 7.71. The van der Waals surface area contributed by atoms with E-state index in [1.807, 2.05) is 6.92 Å². The van der Waals surface area contributed by atoms with E-state index in [2.05, 4.69) is 11.1 Å². The molecule has 4 aliphatic rings. The third-order valence-electron chi connectivity index (χ3n) is 8.58. The van der Waals surface area contributed by atoms with Crippen LogP contribution >= 0.6 is 0 Å². The van der Waals surface area contributed by atoms with Crippen LogP contribution in [0.5, 0.6) is 0 Å². The molecule has 0 saturated heterocycles. The average molecular weight is 407 g/mol. The maximum absolute atomic E-state index is 12.8. The zero-order valence-corrected chi connectivity index (χ0v) is 16.8. The Morgan fingerprint density at radius 3 is 2.48 bits per heavy atom. The summed E-state index contributed by atoms with van der Waals surface area (Å²) in [5.41, 5.74) is -5.64. The van der Waals surface area contributed by atoms with Crippen LogP contribution in [0.1, 0.15) is 71.6 Å². The maximum Gasteiger partial charge on any atom is 0.534 e. The molecule has 7 heteroatoms. The lowest BCUT2D eigenvalue weighted by molar-refractivity contribution is -0.104. The van der Waals surface area contributed by atoms with Gasteiger partial charge in [-0.05, 0) is 80.1 Å². The molecule has 0 aromatic heterocycles. The molecule has 0 aromatic carbocycles. The first-order chi connectivity index (χ1) is 12.5. The van der Waals surface area contributed by atoms with Crippen LogP contribution in [-0.2, 0) is 14.3 Å². The first-order valence-corrected chi connectivity index (χ1v) is 11.6. The maximum atomic E-state index is 12.8. The lowest BCUT2D eigenvalue weighted by Gasteiger charge is -2.60. The SMILES string of the molecule is C[C@]12CCCC[C@H]1CC[C@H]1[C@H]3CC=C(OS(=O)(=O)C(F)(F)F)[C@@]3(C)CC[C@@H]12. The Morgan fingerprint density at radius 1 is 1.04 bits per heavy atom. The van der Waals surface area contributed by atoms with Gasteiger partial charge in [0.05, 0.1) is 0 Å². The Balaban J connectivity index is 1.58. The highest BCUT2D eigenvalue weighted by Crippen LogP contribution is 2.66. The molecule has 0 aromatic rings. The Morgan fingerprint density at radius 2 is 1.78 bits per heavy atom. The Hall–Kier alpha value is -0.720. The zero-order valence-electron chi connectivity index (χ0n) is 16.0. The molecule has 3 saturated carbocycles. The van der Waals surface area contributed by atoms with Crippen molar-refractivity contribution < 1.29 is 25.8 Å². The smallest absolute Gasteiger partial charge is 0.380 e. The van der Waals surface area contributed by atoms with Gasteiger partial charge in [-0.15, -0.1) is 0 Å². The monoisotopic (exact) mass is 406 g/mol. The van der Waals surface area contributed by atoms with Gasteiger partial charge in [-0.25, -0.2) is 0 Å². The first kappa shape index (κ1) is 19.6. The summed E-state index contributed by atoms with van der Waals surface area (Å²) in [6, 6.07) is 0. The summed E-state index contributed by atoms with van der Waals surface area (Å²) in [5.74, 6) is 2.04. The third kappa shape index (κ3) is 2.85. The molecule has 3 fully saturated rings. The molecule has 6 atom stereocenters. The summed E-state index contributed by atoms with van der Waals surface area (Å²) in [6.45, 7) is 4.35. The lowest BCUT2D eigenvalue weighted by Crippen LogP contribution is -2.52. The number of rotatable bonds is 2. The number of hydrogen-bond donors (Lipinski definition) is 0. The summed E-state index contributed by atoms with van der Waals surface area (Å²) in [6.07, 6.45) is 11.4. The van der Waals surface area contributed by atoms with Crippen LogP contribution in [0.4, 0.5) is 13.2 Å². The molecule has 0 bridgehead atoms. The van der Waals surface area contributed by atoms with Crippen LogP contribution in [0.3, 0.4) is 0 Å². The highest BCUT2D eigenvalue weighted by molar-refractivity contribution is 7.87. The topological polar surface area (TPSA) is 43.4 Å². The Labute approximate surface area is 159 Å². The van der Waals surface area contributed by atoms with Gasteiger partial charge in [-0.1, -0.05) is 26.7 Å². The van der Waals surface area contributed by atoms with Gasteiger partial charge in [0.2, 0.25) is 0 Å². The van der Waals surface area contributed by atoms with Crippen LogP contribution in [0.15, 0.2) is 11.8 Å². The van der Waals surface area contributed by atoms with E-state index in [1.165, 1.54) is 32.1 Å². The van der Waals surface area contributed by atoms with Crippen LogP contribution in [0.25, 0.3) is 0 Å². The highest BCUT2D eigenvalue weighted by Gasteiger charge is 2.60. The van der Waals surface area contributed by atoms with E-state index in [0.29, 0.717) is 30.1 Å². The summed E-state index contributed by atoms with van der Waals surface area (Å²) in [5, 5.41) is 0. The van der Waals surface area contributed by atoms with Crippen molar-refractivity contribution in [2.24, 2.45) is 34.5 Å². The second-order valence-electron chi connectivity index (χ2n) is 9.65. The quantitative estimate of drug-likeness (QED) is 0.431. The predicted molar refractivity (Wildman–Crippen MR) is 95.9 cm³/mol. The van der Waals surface area contributed by atoms with E-state index >= 15 is 0 Å². The number of halogens is 3. The van der Waals surface area contributed by atoms with Gasteiger partial charge in [0, 0.05) is 5.41 Å². The number of allylic oxidation sites excluding steroid dienone is 2. The number of alkyl halides is 3. The zero-order chi connectivity index (χ0) is 19.7. The lowest BCUT2D eigenvalue weighted by atomic mass is 9.45. The van der Waals surface area contributed by atoms with Crippen molar-refractivity contribution >= 4 is 10.1 Å². The predicted octanol–water partition coefficient (Wildman–Crippen LogP) is 5.78. The van der Waals surface area contributed by atoms with E-state index in [-0.39, 0.29) is 11.7 Å². The molecule has 0 radical (unpaired) electrons. The largest absolute Gasteiger partial charge is 0.534 e. The van der Waals surface area contributed by atoms with Crippen molar-refractivity contribution in [1.82, 2.24) is 0 Å². The molecular formula is C20H29F3O3S. The van der Waals surface area contributed by atoms with E-state index in [4.69, 9.17) is 0 Å². The third-order valence-corrected chi connectivity index (χ3v) is 9.54. The fraction of sp³-hybridized carbons (Fsp3) is 0.900.